The molecule has 186 valence electrons. The van der Waals surface area contributed by atoms with Gasteiger partial charge in [0.1, 0.15) is 23.6 Å². The maximum absolute atomic E-state index is 11.5. The Hall–Kier alpha value is -4.02. The summed E-state index contributed by atoms with van der Waals surface area (Å²) in [6.45, 7) is 7.31. The van der Waals surface area contributed by atoms with Crippen molar-refractivity contribution in [1.29, 1.82) is 0 Å². The summed E-state index contributed by atoms with van der Waals surface area (Å²) < 4.78 is 13.6. The Balaban J connectivity index is 1.45. The van der Waals surface area contributed by atoms with E-state index in [9.17, 15) is 4.79 Å². The molecule has 0 radical (unpaired) electrons. The molecule has 10 nitrogen and oxygen atoms in total. The second-order valence-corrected chi connectivity index (χ2v) is 8.84. The summed E-state index contributed by atoms with van der Waals surface area (Å²) in [6.07, 6.45) is 1.82. The molecule has 0 aliphatic carbocycles. The number of benzene rings is 2. The molecular formula is C26H28N6O4. The van der Waals surface area contributed by atoms with Crippen LogP contribution in [0, 0.1) is 0 Å². The van der Waals surface area contributed by atoms with Crippen molar-refractivity contribution < 1.29 is 19.5 Å². The number of nitrogens with one attached hydrogen (secondary N) is 1. The zero-order valence-corrected chi connectivity index (χ0v) is 20.2. The van der Waals surface area contributed by atoms with E-state index in [2.05, 4.69) is 28.3 Å². The number of hydrogen-bond donors (Lipinski definition) is 2. The second-order valence-electron chi connectivity index (χ2n) is 8.84. The van der Waals surface area contributed by atoms with Crippen LogP contribution in [0.4, 0.5) is 5.95 Å². The van der Waals surface area contributed by atoms with Crippen LogP contribution in [0.5, 0.6) is 5.75 Å². The number of carbonyl (C=O) groups excluding carboxylic acids is 1. The summed E-state index contributed by atoms with van der Waals surface area (Å²) >= 11 is 0. The number of rotatable bonds is 7. The molecule has 0 unspecified atom stereocenters. The first-order chi connectivity index (χ1) is 17.5. The van der Waals surface area contributed by atoms with E-state index in [4.69, 9.17) is 24.6 Å². The van der Waals surface area contributed by atoms with Crippen LogP contribution >= 0.6 is 0 Å². The van der Waals surface area contributed by atoms with Crippen LogP contribution in [0.15, 0.2) is 54.9 Å². The maximum Gasteiger partial charge on any atom is 0.274 e. The van der Waals surface area contributed by atoms with Gasteiger partial charge in [-0.05, 0) is 43.7 Å². The topological polar surface area (TPSA) is 115 Å². The van der Waals surface area contributed by atoms with Crippen molar-refractivity contribution >= 4 is 23.0 Å². The van der Waals surface area contributed by atoms with Crippen LogP contribution in [0.25, 0.3) is 22.4 Å². The molecule has 0 atom stereocenters. The molecule has 2 aromatic heterocycles. The normalized spacial score (nSPS) is 13.8. The largest absolute Gasteiger partial charge is 0.489 e. The number of nitrogens with zero attached hydrogens (tertiary/aromatic N) is 5. The van der Waals surface area contributed by atoms with Crippen molar-refractivity contribution in [3.05, 3.63) is 66.0 Å². The monoisotopic (exact) mass is 488 g/mol. The highest BCUT2D eigenvalue weighted by atomic mass is 16.5. The first-order valence-electron chi connectivity index (χ1n) is 11.9. The lowest BCUT2D eigenvalue weighted by molar-refractivity contribution is 0.0706. The van der Waals surface area contributed by atoms with Gasteiger partial charge in [-0.2, -0.15) is 4.98 Å². The van der Waals surface area contributed by atoms with Crippen molar-refractivity contribution in [2.75, 3.05) is 31.2 Å². The fraction of sp³-hybridized carbons (Fsp3) is 0.308. The summed E-state index contributed by atoms with van der Waals surface area (Å²) in [6, 6.07) is 14.8. The maximum atomic E-state index is 11.5. The van der Waals surface area contributed by atoms with Gasteiger partial charge < -0.3 is 18.9 Å². The van der Waals surface area contributed by atoms with E-state index in [-0.39, 0.29) is 6.04 Å². The number of aromatic nitrogens is 4. The number of amides is 1. The molecule has 1 aliphatic heterocycles. The van der Waals surface area contributed by atoms with Crippen LogP contribution in [0.1, 0.15) is 35.8 Å². The van der Waals surface area contributed by atoms with Crippen LogP contribution in [0.3, 0.4) is 0 Å². The number of carbonyl (C=O) groups is 1. The average Bonchev–Trinajstić information content (AvgIpc) is 3.36. The molecule has 36 heavy (non-hydrogen) atoms. The first kappa shape index (κ1) is 23.7. The predicted molar refractivity (Wildman–Crippen MR) is 134 cm³/mol. The van der Waals surface area contributed by atoms with Crippen molar-refractivity contribution in [1.82, 2.24) is 25.0 Å². The number of hydrogen-bond acceptors (Lipinski definition) is 8. The zero-order chi connectivity index (χ0) is 25.1. The molecule has 3 heterocycles. The standard InChI is InChI=1S/C26H28N6O4/c1-17(2)32-16-27-23-22(28-26(29-24(23)32)31-10-12-35-13-11-31)20-4-3-5-21(14-20)36-15-18-6-8-19(9-7-18)25(33)30-34/h3-9,14,16-17,34H,10-13,15H2,1-2H3,(H,30,33). The Morgan fingerprint density at radius 1 is 1.14 bits per heavy atom. The zero-order valence-electron chi connectivity index (χ0n) is 20.2. The van der Waals surface area contributed by atoms with E-state index in [0.717, 1.165) is 41.1 Å². The van der Waals surface area contributed by atoms with Gasteiger partial charge in [0.25, 0.3) is 5.91 Å². The molecule has 5 rings (SSSR count). The molecule has 4 aromatic rings. The third kappa shape index (κ3) is 4.86. The molecule has 1 saturated heterocycles. The molecule has 1 fully saturated rings. The highest BCUT2D eigenvalue weighted by Gasteiger charge is 2.21. The number of ether oxygens (including phenoxy) is 2. The van der Waals surface area contributed by atoms with Crippen LogP contribution in [-0.4, -0.2) is 56.9 Å². The van der Waals surface area contributed by atoms with E-state index in [1.54, 1.807) is 29.7 Å². The minimum atomic E-state index is -0.553. The Labute approximate surface area is 208 Å². The van der Waals surface area contributed by atoms with E-state index >= 15 is 0 Å². The van der Waals surface area contributed by atoms with Gasteiger partial charge in [0.2, 0.25) is 5.95 Å². The van der Waals surface area contributed by atoms with Gasteiger partial charge in [0, 0.05) is 30.3 Å². The predicted octanol–water partition coefficient (Wildman–Crippen LogP) is 3.61. The molecule has 0 spiro atoms. The number of imidazole rings is 1. The minimum absolute atomic E-state index is 0.208. The summed E-state index contributed by atoms with van der Waals surface area (Å²) in [7, 11) is 0. The van der Waals surface area contributed by atoms with Crippen LogP contribution in [0.2, 0.25) is 0 Å². The van der Waals surface area contributed by atoms with Gasteiger partial charge in [-0.3, -0.25) is 10.0 Å². The SMILES string of the molecule is CC(C)n1cnc2c(-c3cccc(OCc4ccc(C(=O)NO)cc4)c3)nc(N3CCOCC3)nc21. The number of fused-ring (bicyclic) bond motifs is 1. The van der Waals surface area contributed by atoms with E-state index < -0.39 is 5.91 Å². The molecular weight excluding hydrogens is 460 g/mol. The van der Waals surface area contributed by atoms with Crippen molar-refractivity contribution in [2.24, 2.45) is 0 Å². The van der Waals surface area contributed by atoms with Gasteiger partial charge in [-0.25, -0.2) is 15.4 Å². The molecule has 2 aromatic carbocycles. The Morgan fingerprint density at radius 2 is 1.92 bits per heavy atom. The highest BCUT2D eigenvalue weighted by Crippen LogP contribution is 2.31. The van der Waals surface area contributed by atoms with Crippen molar-refractivity contribution in [2.45, 2.75) is 26.5 Å². The smallest absolute Gasteiger partial charge is 0.274 e. The Kier molecular flexibility index (Phi) is 6.79. The lowest BCUT2D eigenvalue weighted by Gasteiger charge is -2.27. The van der Waals surface area contributed by atoms with E-state index in [0.29, 0.717) is 37.1 Å². The molecule has 1 aliphatic rings. The van der Waals surface area contributed by atoms with Gasteiger partial charge in [-0.1, -0.05) is 24.3 Å². The van der Waals surface area contributed by atoms with Gasteiger partial charge in [0.05, 0.1) is 19.5 Å². The van der Waals surface area contributed by atoms with Crippen LogP contribution < -0.4 is 15.1 Å². The number of morpholine rings is 1. The lowest BCUT2D eigenvalue weighted by Crippen LogP contribution is -2.37. The number of anilines is 1. The Bertz CT molecular complexity index is 1360. The van der Waals surface area contributed by atoms with Gasteiger partial charge in [0.15, 0.2) is 5.65 Å². The molecule has 1 amide bonds. The minimum Gasteiger partial charge on any atom is -0.489 e. The summed E-state index contributed by atoms with van der Waals surface area (Å²) in [5, 5.41) is 8.77. The fourth-order valence-electron chi connectivity index (χ4n) is 4.11. The average molecular weight is 489 g/mol. The van der Waals surface area contributed by atoms with Gasteiger partial charge >= 0.3 is 0 Å². The molecule has 0 bridgehead atoms. The second kappa shape index (κ2) is 10.3. The third-order valence-corrected chi connectivity index (χ3v) is 6.09. The van der Waals surface area contributed by atoms with Crippen LogP contribution in [-0.2, 0) is 11.3 Å². The van der Waals surface area contributed by atoms with E-state index in [1.165, 1.54) is 0 Å². The Morgan fingerprint density at radius 3 is 2.64 bits per heavy atom. The summed E-state index contributed by atoms with van der Waals surface area (Å²) in [5.41, 5.74) is 6.08. The quantitative estimate of drug-likeness (QED) is 0.300. The van der Waals surface area contributed by atoms with Crippen molar-refractivity contribution in [3.63, 3.8) is 0 Å². The highest BCUT2D eigenvalue weighted by molar-refractivity contribution is 5.93. The van der Waals surface area contributed by atoms with Crippen molar-refractivity contribution in [3.8, 4) is 17.0 Å². The van der Waals surface area contributed by atoms with E-state index in [1.807, 2.05) is 30.6 Å². The summed E-state index contributed by atoms with van der Waals surface area (Å²) in [5.74, 6) is 0.803. The first-order valence-corrected chi connectivity index (χ1v) is 11.9. The lowest BCUT2D eigenvalue weighted by atomic mass is 10.1. The molecule has 0 saturated carbocycles. The molecule has 10 heteroatoms. The third-order valence-electron chi connectivity index (χ3n) is 6.09. The number of hydroxylamine groups is 1. The fourth-order valence-corrected chi connectivity index (χ4v) is 4.11. The molecule has 2 N–H and O–H groups in total. The summed E-state index contributed by atoms with van der Waals surface area (Å²) in [4.78, 5) is 28.1. The van der Waals surface area contributed by atoms with Gasteiger partial charge in [-0.15, -0.1) is 0 Å².